The Labute approximate surface area is 109 Å². The Bertz CT molecular complexity index is 606. The Balaban J connectivity index is 2.57. The van der Waals surface area contributed by atoms with E-state index in [2.05, 4.69) is 30.9 Å². The Hall–Kier alpha value is -2.22. The molecule has 2 aromatic rings. The number of aromatic amines is 1. The van der Waals surface area contributed by atoms with Crippen LogP contribution in [0.3, 0.4) is 0 Å². The van der Waals surface area contributed by atoms with Gasteiger partial charge in [-0.15, -0.1) is 0 Å². The largest absolute Gasteiger partial charge is 0.477 e. The third kappa shape index (κ3) is 2.23. The lowest BCUT2D eigenvalue weighted by Gasteiger charge is -1.95. The fraction of sp³-hybridized carbons (Fsp3) is 0. The van der Waals surface area contributed by atoms with Gasteiger partial charge in [-0.3, -0.25) is 4.98 Å². The summed E-state index contributed by atoms with van der Waals surface area (Å²) in [5.41, 5.74) is -0.505. The van der Waals surface area contributed by atoms with Gasteiger partial charge in [-0.25, -0.2) is 14.6 Å². The lowest BCUT2D eigenvalue weighted by atomic mass is 10.3. The normalized spacial score (nSPS) is 10.3. The van der Waals surface area contributed by atoms with Gasteiger partial charge in [-0.1, -0.05) is 0 Å². The second-order valence-corrected chi connectivity index (χ2v) is 4.23. The van der Waals surface area contributed by atoms with Gasteiger partial charge < -0.3 is 15.2 Å². The van der Waals surface area contributed by atoms with Crippen LogP contribution in [0, 0.1) is 0 Å². The van der Waals surface area contributed by atoms with Crippen LogP contribution in [-0.4, -0.2) is 37.1 Å². The van der Waals surface area contributed by atoms with Crippen molar-refractivity contribution < 1.29 is 19.8 Å². The molecule has 0 aliphatic rings. The van der Waals surface area contributed by atoms with E-state index in [0.717, 1.165) is 0 Å². The quantitative estimate of drug-likeness (QED) is 0.793. The van der Waals surface area contributed by atoms with Crippen LogP contribution in [0.2, 0.25) is 0 Å². The highest BCUT2D eigenvalue weighted by molar-refractivity contribution is 9.10. The molecule has 0 aliphatic carbocycles. The fourth-order valence-electron chi connectivity index (χ4n) is 1.36. The Kier molecular flexibility index (Phi) is 3.11. The number of aromatic carboxylic acids is 2. The summed E-state index contributed by atoms with van der Waals surface area (Å²) in [4.78, 5) is 31.8. The summed E-state index contributed by atoms with van der Waals surface area (Å²) in [5, 5.41) is 17.7. The molecule has 2 heterocycles. The minimum Gasteiger partial charge on any atom is -0.477 e. The Morgan fingerprint density at radius 2 is 1.94 bits per heavy atom. The van der Waals surface area contributed by atoms with Crippen molar-refractivity contribution in [2.24, 2.45) is 0 Å². The molecule has 18 heavy (non-hydrogen) atoms. The summed E-state index contributed by atoms with van der Waals surface area (Å²) < 4.78 is 0.671. The maximum Gasteiger partial charge on any atom is 0.357 e. The maximum absolute atomic E-state index is 10.9. The van der Waals surface area contributed by atoms with Gasteiger partial charge in [0.15, 0.2) is 11.4 Å². The number of carboxylic acids is 2. The maximum atomic E-state index is 10.9. The third-order valence-corrected chi connectivity index (χ3v) is 2.53. The van der Waals surface area contributed by atoms with Crippen LogP contribution in [0.4, 0.5) is 0 Å². The predicted molar refractivity (Wildman–Crippen MR) is 63.4 cm³/mol. The molecule has 0 bridgehead atoms. The molecule has 0 spiro atoms. The molecule has 0 atom stereocenters. The van der Waals surface area contributed by atoms with Crippen LogP contribution < -0.4 is 0 Å². The number of hydrogen-bond donors (Lipinski definition) is 3. The van der Waals surface area contributed by atoms with Crippen molar-refractivity contribution in [3.8, 4) is 11.4 Å². The zero-order chi connectivity index (χ0) is 13.3. The highest BCUT2D eigenvalue weighted by Gasteiger charge is 2.22. The molecule has 3 N–H and O–H groups in total. The van der Waals surface area contributed by atoms with Gasteiger partial charge in [-0.05, 0) is 22.0 Å². The first-order valence-corrected chi connectivity index (χ1v) is 5.46. The van der Waals surface area contributed by atoms with Crippen LogP contribution in [0.25, 0.3) is 11.4 Å². The number of imidazole rings is 1. The lowest BCUT2D eigenvalue weighted by Crippen LogP contribution is -2.07. The number of carboxylic acid groups (broad SMARTS) is 2. The van der Waals surface area contributed by atoms with E-state index < -0.39 is 23.3 Å². The SMILES string of the molecule is O=C(O)c1nc(-c2cncc(Br)c2)[nH]c1C(=O)O. The summed E-state index contributed by atoms with van der Waals surface area (Å²) >= 11 is 3.21. The second kappa shape index (κ2) is 4.57. The molecule has 0 aliphatic heterocycles. The molecule has 0 saturated carbocycles. The van der Waals surface area contributed by atoms with Crippen molar-refractivity contribution in [1.29, 1.82) is 0 Å². The zero-order valence-corrected chi connectivity index (χ0v) is 10.3. The van der Waals surface area contributed by atoms with Crippen molar-refractivity contribution in [3.63, 3.8) is 0 Å². The lowest BCUT2D eigenvalue weighted by molar-refractivity contribution is 0.0644. The van der Waals surface area contributed by atoms with E-state index >= 15 is 0 Å². The molecule has 0 amide bonds. The number of pyridine rings is 1. The zero-order valence-electron chi connectivity index (χ0n) is 8.72. The van der Waals surface area contributed by atoms with E-state index in [0.29, 0.717) is 10.0 Å². The highest BCUT2D eigenvalue weighted by atomic mass is 79.9. The van der Waals surface area contributed by atoms with Gasteiger partial charge >= 0.3 is 11.9 Å². The summed E-state index contributed by atoms with van der Waals surface area (Å²) in [7, 11) is 0. The third-order valence-electron chi connectivity index (χ3n) is 2.10. The molecule has 7 nitrogen and oxygen atoms in total. The second-order valence-electron chi connectivity index (χ2n) is 3.31. The van der Waals surface area contributed by atoms with E-state index in [1.807, 2.05) is 0 Å². The molecule has 0 aromatic carbocycles. The van der Waals surface area contributed by atoms with Crippen LogP contribution in [-0.2, 0) is 0 Å². The monoisotopic (exact) mass is 311 g/mol. The average Bonchev–Trinajstić information content (AvgIpc) is 2.73. The smallest absolute Gasteiger partial charge is 0.357 e. The van der Waals surface area contributed by atoms with E-state index in [-0.39, 0.29) is 5.82 Å². The topological polar surface area (TPSA) is 116 Å². The van der Waals surface area contributed by atoms with Crippen molar-refractivity contribution in [2.75, 3.05) is 0 Å². The number of H-pyrrole nitrogens is 1. The summed E-state index contributed by atoms with van der Waals surface area (Å²) in [5.74, 6) is -2.65. The van der Waals surface area contributed by atoms with Gasteiger partial charge in [0, 0.05) is 22.4 Å². The highest BCUT2D eigenvalue weighted by Crippen LogP contribution is 2.20. The van der Waals surface area contributed by atoms with Crippen molar-refractivity contribution in [1.82, 2.24) is 15.0 Å². The number of nitrogens with zero attached hydrogens (tertiary/aromatic N) is 2. The minimum atomic E-state index is -1.40. The van der Waals surface area contributed by atoms with Crippen molar-refractivity contribution >= 4 is 27.9 Å². The molecule has 0 saturated heterocycles. The molecule has 2 rings (SSSR count). The van der Waals surface area contributed by atoms with Crippen LogP contribution in [0.5, 0.6) is 0 Å². The van der Waals surface area contributed by atoms with Gasteiger partial charge in [0.2, 0.25) is 0 Å². The van der Waals surface area contributed by atoms with Crippen LogP contribution >= 0.6 is 15.9 Å². The molecule has 2 aromatic heterocycles. The Morgan fingerprint density at radius 3 is 2.44 bits per heavy atom. The van der Waals surface area contributed by atoms with Crippen LogP contribution in [0.1, 0.15) is 21.0 Å². The van der Waals surface area contributed by atoms with Gasteiger partial charge in [0.25, 0.3) is 0 Å². The van der Waals surface area contributed by atoms with E-state index in [1.54, 1.807) is 12.3 Å². The van der Waals surface area contributed by atoms with E-state index in [1.165, 1.54) is 6.20 Å². The average molecular weight is 312 g/mol. The first-order valence-electron chi connectivity index (χ1n) is 4.66. The van der Waals surface area contributed by atoms with Crippen molar-refractivity contribution in [2.45, 2.75) is 0 Å². The van der Waals surface area contributed by atoms with E-state index in [9.17, 15) is 9.59 Å². The van der Waals surface area contributed by atoms with Crippen molar-refractivity contribution in [3.05, 3.63) is 34.3 Å². The van der Waals surface area contributed by atoms with Gasteiger partial charge in [0.05, 0.1) is 0 Å². The standard InChI is InChI=1S/C10H6BrN3O4/c11-5-1-4(2-12-3-5)8-13-6(9(15)16)7(14-8)10(17)18/h1-3H,(H,13,14)(H,15,16)(H,17,18). The Morgan fingerprint density at radius 1 is 1.22 bits per heavy atom. The molecule has 0 radical (unpaired) electrons. The number of aromatic nitrogens is 3. The molecule has 8 heteroatoms. The van der Waals surface area contributed by atoms with E-state index in [4.69, 9.17) is 10.2 Å². The minimum absolute atomic E-state index is 0.138. The summed E-state index contributed by atoms with van der Waals surface area (Å²) in [6, 6.07) is 1.64. The number of carbonyl (C=O) groups is 2. The number of nitrogens with one attached hydrogen (secondary N) is 1. The molecular weight excluding hydrogens is 306 g/mol. The molecule has 92 valence electrons. The number of rotatable bonds is 3. The number of halogens is 1. The van der Waals surface area contributed by atoms with Gasteiger partial charge in [-0.2, -0.15) is 0 Å². The summed E-state index contributed by atoms with van der Waals surface area (Å²) in [6.07, 6.45) is 2.99. The van der Waals surface area contributed by atoms with Gasteiger partial charge in [0.1, 0.15) is 5.82 Å². The first kappa shape index (κ1) is 12.2. The van der Waals surface area contributed by atoms with Crippen LogP contribution in [0.15, 0.2) is 22.9 Å². The summed E-state index contributed by atoms with van der Waals surface area (Å²) in [6.45, 7) is 0. The molecule has 0 fully saturated rings. The predicted octanol–water partition coefficient (Wildman–Crippen LogP) is 1.63. The first-order chi connectivity index (χ1) is 8.49. The molecule has 0 unspecified atom stereocenters. The molecular formula is C10H6BrN3O4. The fourth-order valence-corrected chi connectivity index (χ4v) is 1.73. The number of hydrogen-bond acceptors (Lipinski definition) is 4.